The maximum atomic E-state index is 10.9. The van der Waals surface area contributed by atoms with Crippen LogP contribution in [0.25, 0.3) is 11.0 Å². The second-order valence-corrected chi connectivity index (χ2v) is 3.06. The van der Waals surface area contributed by atoms with Gasteiger partial charge in [0.25, 0.3) is 0 Å². The molecule has 0 atom stereocenters. The minimum atomic E-state index is 0.541. The van der Waals surface area contributed by atoms with Gasteiger partial charge < -0.3 is 5.21 Å². The number of rotatable bonds is 0. The van der Waals surface area contributed by atoms with Crippen LogP contribution >= 0.6 is 15.9 Å². The van der Waals surface area contributed by atoms with Crippen LogP contribution in [0.5, 0.6) is 0 Å². The van der Waals surface area contributed by atoms with Crippen molar-refractivity contribution in [3.63, 3.8) is 0 Å². The molecule has 56 valence electrons. The second-order valence-electron chi connectivity index (χ2n) is 2.15. The largest absolute Gasteiger partial charge is 0.691 e. The monoisotopic (exact) mass is 213 g/mol. The number of nitrogens with zero attached hydrogens (tertiary/aromatic N) is 2. The van der Waals surface area contributed by atoms with Gasteiger partial charge in [-0.15, -0.1) is 9.94 Å². The Morgan fingerprint density at radius 2 is 2.36 bits per heavy atom. The number of halogens is 1. The normalized spacial score (nSPS) is 10.6. The minimum Gasteiger partial charge on any atom is -0.691 e. The summed E-state index contributed by atoms with van der Waals surface area (Å²) in [6.45, 7) is 0. The predicted octanol–water partition coefficient (Wildman–Crippen LogP) is 0.959. The van der Waals surface area contributed by atoms with E-state index in [1.807, 2.05) is 6.07 Å². The number of benzene rings is 1. The fraction of sp³-hybridized carbons (Fsp3) is 0. The molecule has 4 nitrogen and oxygen atoms in total. The molecule has 1 heterocycles. The van der Waals surface area contributed by atoms with Crippen molar-refractivity contribution in [3.05, 3.63) is 27.9 Å². The van der Waals surface area contributed by atoms with Gasteiger partial charge in [0, 0.05) is 10.5 Å². The van der Waals surface area contributed by atoms with Gasteiger partial charge in [0.2, 0.25) is 5.52 Å². The Kier molecular flexibility index (Phi) is 1.32. The van der Waals surface area contributed by atoms with E-state index in [4.69, 9.17) is 0 Å². The Hall–Kier alpha value is -1.10. The molecule has 1 N–H and O–H groups in total. The molecule has 11 heavy (non-hydrogen) atoms. The summed E-state index contributed by atoms with van der Waals surface area (Å²) < 4.78 is 0.871. The van der Waals surface area contributed by atoms with E-state index in [0.717, 1.165) is 9.99 Å². The van der Waals surface area contributed by atoms with E-state index in [-0.39, 0.29) is 0 Å². The lowest BCUT2D eigenvalue weighted by Gasteiger charge is -1.91. The van der Waals surface area contributed by atoms with Crippen LogP contribution in [0.4, 0.5) is 0 Å². The topological polar surface area (TPSA) is 55.6 Å². The van der Waals surface area contributed by atoms with Gasteiger partial charge in [-0.3, -0.25) is 0 Å². The Bertz CT molecular complexity index is 398. The molecule has 0 saturated carbocycles. The average molecular weight is 214 g/mol. The summed E-state index contributed by atoms with van der Waals surface area (Å²) >= 11 is 3.26. The molecule has 0 spiro atoms. The zero-order valence-corrected chi connectivity index (χ0v) is 7.00. The third-order valence-electron chi connectivity index (χ3n) is 1.43. The molecule has 0 aliphatic rings. The van der Waals surface area contributed by atoms with Crippen LogP contribution in [0.1, 0.15) is 0 Å². The lowest BCUT2D eigenvalue weighted by molar-refractivity contribution is -0.644. The van der Waals surface area contributed by atoms with Crippen molar-refractivity contribution < 1.29 is 4.85 Å². The molecule has 0 fully saturated rings. The third kappa shape index (κ3) is 0.970. The summed E-state index contributed by atoms with van der Waals surface area (Å²) in [5.74, 6) is 0. The van der Waals surface area contributed by atoms with Crippen molar-refractivity contribution in [2.75, 3.05) is 0 Å². The van der Waals surface area contributed by atoms with Gasteiger partial charge in [-0.25, -0.2) is 0 Å². The minimum absolute atomic E-state index is 0.541. The van der Waals surface area contributed by atoms with Crippen molar-refractivity contribution in [1.82, 2.24) is 10.3 Å². The summed E-state index contributed by atoms with van der Waals surface area (Å²) in [7, 11) is 0. The molecule has 0 amide bonds. The first-order chi connectivity index (χ1) is 5.27. The molecule has 2 rings (SSSR count). The average Bonchev–Trinajstić information content (AvgIpc) is 2.33. The number of hydrogen-bond acceptors (Lipinski definition) is 2. The van der Waals surface area contributed by atoms with E-state index in [1.54, 1.807) is 12.1 Å². The SMILES string of the molecule is [O-][n+]1n[nH]c2ccc(Br)cc21. The predicted molar refractivity (Wildman–Crippen MR) is 42.8 cm³/mol. The molecule has 2 aromatic rings. The van der Waals surface area contributed by atoms with Gasteiger partial charge in [-0.2, -0.15) is 0 Å². The first-order valence-corrected chi connectivity index (χ1v) is 3.80. The molecule has 0 unspecified atom stereocenters. The number of fused-ring (bicyclic) bond motifs is 1. The Morgan fingerprint density at radius 3 is 3.18 bits per heavy atom. The molecular formula is C6H4BrN3O. The number of H-pyrrole nitrogens is 1. The van der Waals surface area contributed by atoms with Crippen molar-refractivity contribution in [2.24, 2.45) is 0 Å². The molecule has 0 saturated heterocycles. The van der Waals surface area contributed by atoms with Crippen molar-refractivity contribution >= 4 is 27.0 Å². The maximum absolute atomic E-state index is 10.9. The van der Waals surface area contributed by atoms with Gasteiger partial charge >= 0.3 is 0 Å². The van der Waals surface area contributed by atoms with Gasteiger partial charge in [0.05, 0.1) is 5.21 Å². The molecule has 1 aromatic carbocycles. The Morgan fingerprint density at radius 1 is 1.55 bits per heavy atom. The summed E-state index contributed by atoms with van der Waals surface area (Å²) in [6.07, 6.45) is 0. The van der Waals surface area contributed by atoms with Crippen LogP contribution in [-0.4, -0.2) is 10.3 Å². The van der Waals surface area contributed by atoms with Crippen LogP contribution in [0, 0.1) is 5.21 Å². The quantitative estimate of drug-likeness (QED) is 0.524. The van der Waals surface area contributed by atoms with Gasteiger partial charge in [0.1, 0.15) is 0 Å². The van der Waals surface area contributed by atoms with Crippen LogP contribution in [0.15, 0.2) is 22.7 Å². The van der Waals surface area contributed by atoms with Gasteiger partial charge in [-0.05, 0) is 12.1 Å². The van der Waals surface area contributed by atoms with Crippen molar-refractivity contribution in [3.8, 4) is 0 Å². The van der Waals surface area contributed by atoms with E-state index in [2.05, 4.69) is 26.2 Å². The summed E-state index contributed by atoms with van der Waals surface area (Å²) in [5, 5.41) is 16.9. The molecule has 1 aromatic heterocycles. The van der Waals surface area contributed by atoms with E-state index in [9.17, 15) is 5.21 Å². The van der Waals surface area contributed by atoms with Crippen LogP contribution in [0.3, 0.4) is 0 Å². The Labute approximate surface area is 70.5 Å². The molecular weight excluding hydrogens is 210 g/mol. The third-order valence-corrected chi connectivity index (χ3v) is 1.92. The lowest BCUT2D eigenvalue weighted by Crippen LogP contribution is -2.27. The molecule has 5 heteroatoms. The van der Waals surface area contributed by atoms with E-state index >= 15 is 0 Å². The summed E-state index contributed by atoms with van der Waals surface area (Å²) in [6, 6.07) is 5.35. The fourth-order valence-corrected chi connectivity index (χ4v) is 1.26. The smallest absolute Gasteiger partial charge is 0.203 e. The van der Waals surface area contributed by atoms with Crippen molar-refractivity contribution in [1.29, 1.82) is 0 Å². The maximum Gasteiger partial charge on any atom is 0.203 e. The highest BCUT2D eigenvalue weighted by atomic mass is 79.9. The van der Waals surface area contributed by atoms with Gasteiger partial charge in [-0.1, -0.05) is 15.9 Å². The van der Waals surface area contributed by atoms with Crippen LogP contribution < -0.4 is 4.85 Å². The van der Waals surface area contributed by atoms with E-state index < -0.39 is 0 Å². The standard InChI is InChI=1S/C6H4BrN3O/c7-4-1-2-5-6(3-4)10(11)9-8-5/h1-3,8H. The molecule has 0 aliphatic heterocycles. The highest BCUT2D eigenvalue weighted by Gasteiger charge is 2.04. The number of aromatic amines is 1. The zero-order valence-electron chi connectivity index (χ0n) is 5.41. The first kappa shape index (κ1) is 6.60. The zero-order chi connectivity index (χ0) is 7.84. The number of aromatic nitrogens is 3. The summed E-state index contributed by atoms with van der Waals surface area (Å²) in [5.41, 5.74) is 1.28. The molecule has 0 bridgehead atoms. The number of nitrogens with one attached hydrogen (secondary N) is 1. The second kappa shape index (κ2) is 2.20. The molecule has 0 radical (unpaired) electrons. The Balaban J connectivity index is 2.87. The molecule has 0 aliphatic carbocycles. The fourth-order valence-electron chi connectivity index (χ4n) is 0.911. The van der Waals surface area contributed by atoms with Crippen LogP contribution in [0.2, 0.25) is 0 Å². The highest BCUT2D eigenvalue weighted by molar-refractivity contribution is 9.10. The lowest BCUT2D eigenvalue weighted by atomic mass is 10.3. The summed E-state index contributed by atoms with van der Waals surface area (Å²) in [4.78, 5) is 0.556. The van der Waals surface area contributed by atoms with E-state index in [1.165, 1.54) is 0 Å². The van der Waals surface area contributed by atoms with Crippen molar-refractivity contribution in [2.45, 2.75) is 0 Å². The van der Waals surface area contributed by atoms with Crippen LogP contribution in [-0.2, 0) is 0 Å². The van der Waals surface area contributed by atoms with Gasteiger partial charge in [0.15, 0.2) is 5.52 Å². The number of hydrogen-bond donors (Lipinski definition) is 1. The highest BCUT2D eigenvalue weighted by Crippen LogP contribution is 2.13. The van der Waals surface area contributed by atoms with E-state index in [0.29, 0.717) is 10.4 Å². The first-order valence-electron chi connectivity index (χ1n) is 3.01.